The molecule has 0 atom stereocenters. The average Bonchev–Trinajstić information content (AvgIpc) is 1.44. The van der Waals surface area contributed by atoms with Gasteiger partial charge in [0.2, 0.25) is 11.6 Å². The number of fused-ring (bicyclic) bond motifs is 5. The Hall–Kier alpha value is -9.59. The van der Waals surface area contributed by atoms with Gasteiger partial charge in [-0.2, -0.15) is 17.6 Å². The Labute approximate surface area is 585 Å². The summed E-state index contributed by atoms with van der Waals surface area (Å²) < 4.78 is 319. The number of rotatable bonds is 22. The molecule has 0 fully saturated rings. The number of benzene rings is 11. The SMILES string of the molecule is CCCCCC[Si](CCCCCC)(Oc1c(F)c(F)c2c(c1F)-c1c(F)c(F)c(F)c(-c3c(C(c4ccccc4)(c4ccccc4)c4ccccc4)ccc(-c4ccc(F)c(F)c4F)c3-c3c(F)ccc(F)c3F)c1C2(F)F)C(C)C.OB(O)Oc1c(F)c(F)c(F)c2c(F)c3c(F)cccc3cc12. The van der Waals surface area contributed by atoms with E-state index in [1.54, 1.807) is 32.0 Å². The van der Waals surface area contributed by atoms with Gasteiger partial charge in [0.1, 0.15) is 17.5 Å². The van der Waals surface area contributed by atoms with Crippen molar-refractivity contribution in [1.29, 1.82) is 0 Å². The maximum absolute atomic E-state index is 18.4. The van der Waals surface area contributed by atoms with E-state index in [0.717, 1.165) is 49.9 Å². The summed E-state index contributed by atoms with van der Waals surface area (Å²) in [5, 5.41) is 15.2. The molecule has 540 valence electrons. The summed E-state index contributed by atoms with van der Waals surface area (Å²) in [5.41, 5.74) is -18.8. The molecule has 0 heterocycles. The van der Waals surface area contributed by atoms with Gasteiger partial charge in [-0.15, -0.1) is 0 Å². The lowest BCUT2D eigenvalue weighted by Gasteiger charge is -2.39. The summed E-state index contributed by atoms with van der Waals surface area (Å²) in [6, 6.07) is 31.4. The number of hydrogen-bond donors (Lipinski definition) is 2. The summed E-state index contributed by atoms with van der Waals surface area (Å²) in [4.78, 5) is 0. The quantitative estimate of drug-likeness (QED) is 0.0135. The first-order valence-electron chi connectivity index (χ1n) is 33.1. The molecule has 25 heteroatoms. The van der Waals surface area contributed by atoms with Crippen LogP contribution in [0.2, 0.25) is 17.6 Å². The van der Waals surface area contributed by atoms with Crippen molar-refractivity contribution in [3.05, 3.63) is 284 Å². The molecule has 0 spiro atoms. The monoisotopic (exact) mass is 1470 g/mol. The fourth-order valence-electron chi connectivity index (χ4n) is 14.2. The molecular weight excluding hydrogens is 1410 g/mol. The fraction of sp³-hybridized carbons (Fsp3) is 0.215. The number of alkyl halides is 2. The van der Waals surface area contributed by atoms with E-state index < -0.39 is 220 Å². The summed E-state index contributed by atoms with van der Waals surface area (Å²) in [6.45, 7) is 7.43. The zero-order chi connectivity index (χ0) is 75.2. The second-order valence-electron chi connectivity index (χ2n) is 25.5. The fourth-order valence-corrected chi connectivity index (χ4v) is 18.4. The minimum absolute atomic E-state index is 0.0716. The molecule has 12 rings (SSSR count). The summed E-state index contributed by atoms with van der Waals surface area (Å²) in [6.07, 6.45) is 5.57. The predicted molar refractivity (Wildman–Crippen MR) is 360 cm³/mol. The lowest BCUT2D eigenvalue weighted by atomic mass is 9.62. The normalized spacial score (nSPS) is 12.6. The first kappa shape index (κ1) is 75.6. The minimum Gasteiger partial charge on any atom is -0.539 e. The molecule has 1 aliphatic rings. The third kappa shape index (κ3) is 12.9. The molecule has 0 radical (unpaired) electrons. The van der Waals surface area contributed by atoms with Crippen LogP contribution in [0.4, 0.5) is 83.4 Å². The van der Waals surface area contributed by atoms with Crippen molar-refractivity contribution in [2.45, 2.75) is 108 Å². The highest BCUT2D eigenvalue weighted by molar-refractivity contribution is 6.75. The Bertz CT molecular complexity index is 5000. The van der Waals surface area contributed by atoms with E-state index in [-0.39, 0.29) is 34.2 Å². The third-order valence-electron chi connectivity index (χ3n) is 19.2. The molecule has 2 N–H and O–H groups in total. The van der Waals surface area contributed by atoms with Gasteiger partial charge in [-0.1, -0.05) is 194 Å². The minimum atomic E-state index is -5.34. The van der Waals surface area contributed by atoms with Gasteiger partial charge in [-0.3, -0.25) is 0 Å². The van der Waals surface area contributed by atoms with Crippen molar-refractivity contribution in [1.82, 2.24) is 0 Å². The van der Waals surface area contributed by atoms with Crippen molar-refractivity contribution in [2.75, 3.05) is 0 Å². The second kappa shape index (κ2) is 30.2. The molecule has 1 aliphatic carbocycles. The first-order chi connectivity index (χ1) is 49.5. The highest BCUT2D eigenvalue weighted by Gasteiger charge is 2.57. The molecule has 0 bridgehead atoms. The van der Waals surface area contributed by atoms with Crippen LogP contribution in [0.5, 0.6) is 11.5 Å². The molecule has 4 nitrogen and oxygen atoms in total. The Morgan fingerprint density at radius 3 is 1.42 bits per heavy atom. The van der Waals surface area contributed by atoms with Crippen LogP contribution in [0.1, 0.15) is 112 Å². The molecule has 0 aromatic heterocycles. The molecular formula is C79H60BF19O4Si. The van der Waals surface area contributed by atoms with Crippen LogP contribution in [0.3, 0.4) is 0 Å². The molecule has 0 aliphatic heterocycles. The smallest absolute Gasteiger partial charge is 0.539 e. The van der Waals surface area contributed by atoms with Crippen LogP contribution in [-0.4, -0.2) is 25.7 Å². The van der Waals surface area contributed by atoms with Gasteiger partial charge in [0, 0.05) is 38.8 Å². The van der Waals surface area contributed by atoms with Gasteiger partial charge < -0.3 is 19.1 Å². The molecule has 104 heavy (non-hydrogen) atoms. The van der Waals surface area contributed by atoms with Crippen molar-refractivity contribution in [3.8, 4) is 56.0 Å². The second-order valence-corrected chi connectivity index (χ2v) is 30.0. The number of halogens is 19. The highest BCUT2D eigenvalue weighted by Crippen LogP contribution is 2.63. The zero-order valence-electron chi connectivity index (χ0n) is 55.6. The van der Waals surface area contributed by atoms with E-state index in [2.05, 4.69) is 4.65 Å². The Morgan fingerprint density at radius 1 is 0.394 bits per heavy atom. The van der Waals surface area contributed by atoms with E-state index in [1.165, 1.54) is 84.9 Å². The van der Waals surface area contributed by atoms with Crippen molar-refractivity contribution in [2.24, 2.45) is 0 Å². The van der Waals surface area contributed by atoms with Crippen LogP contribution in [0.25, 0.3) is 66.1 Å². The molecule has 0 saturated carbocycles. The standard InChI is InChI=1S/C65H54F14OSi.C14H6BF5O3/c1-5-7-9-20-34-81(36(3)4,35-21-10-8-6-2)80-63-59(74)51-50-52(65(78,79)53(51)60(75)62(63)77)49(57(72)61(76)58(50)73)47-42(64(37-22-14-11-15-23-37,38-24-16-12-17-25-38)39-26-18-13-19-27-39)30-28-40(41-29-31-45(68)56(71)54(41)69)46(47)48-43(66)32-33-44(67)55(48)70;16-7-3-1-2-5-4-6-9(10(17)8(5)7)11(18)12(19)13(20)14(6)23-15(21)22/h11-19,22-33,36H,5-10,20-21,34-35H2,1-4H3;1-4,21-22H. The predicted octanol–water partition coefficient (Wildman–Crippen LogP) is 23.8. The number of hydrogen-bond acceptors (Lipinski definition) is 4. The average molecular weight is 1470 g/mol. The Balaban J connectivity index is 0.000000397. The lowest BCUT2D eigenvalue weighted by molar-refractivity contribution is 0.0432. The molecule has 0 saturated heterocycles. The van der Waals surface area contributed by atoms with Gasteiger partial charge in [0.25, 0.3) is 8.32 Å². The van der Waals surface area contributed by atoms with E-state index in [1.807, 2.05) is 13.8 Å². The van der Waals surface area contributed by atoms with Crippen molar-refractivity contribution < 1.29 is 103 Å². The van der Waals surface area contributed by atoms with Crippen LogP contribution in [0, 0.1) is 98.9 Å². The van der Waals surface area contributed by atoms with Crippen molar-refractivity contribution >= 4 is 37.2 Å². The van der Waals surface area contributed by atoms with E-state index in [9.17, 15) is 26.3 Å². The Morgan fingerprint density at radius 2 is 0.885 bits per heavy atom. The summed E-state index contributed by atoms with van der Waals surface area (Å²) in [5.74, 6) is -42.6. The number of unbranched alkanes of at least 4 members (excludes halogenated alkanes) is 6. The van der Waals surface area contributed by atoms with Crippen LogP contribution in [-0.2, 0) is 11.3 Å². The van der Waals surface area contributed by atoms with E-state index in [4.69, 9.17) is 14.5 Å². The zero-order valence-corrected chi connectivity index (χ0v) is 56.6. The highest BCUT2D eigenvalue weighted by atomic mass is 28.4. The summed E-state index contributed by atoms with van der Waals surface area (Å²) in [7, 11) is -6.09. The molecule has 0 unspecified atom stereocenters. The molecule has 11 aromatic carbocycles. The van der Waals surface area contributed by atoms with Crippen LogP contribution < -0.4 is 9.08 Å². The lowest BCUT2D eigenvalue weighted by Crippen LogP contribution is -2.45. The first-order valence-corrected chi connectivity index (χ1v) is 35.5. The summed E-state index contributed by atoms with van der Waals surface area (Å²) >= 11 is 0. The van der Waals surface area contributed by atoms with E-state index >= 15 is 57.1 Å². The maximum atomic E-state index is 18.4. The van der Waals surface area contributed by atoms with Crippen LogP contribution >= 0.6 is 0 Å². The van der Waals surface area contributed by atoms with Crippen LogP contribution in [0.15, 0.2) is 152 Å². The molecule has 0 amide bonds. The maximum Gasteiger partial charge on any atom is 0.707 e. The van der Waals surface area contributed by atoms with Gasteiger partial charge in [0.15, 0.2) is 81.3 Å². The van der Waals surface area contributed by atoms with Gasteiger partial charge in [0.05, 0.1) is 27.3 Å². The third-order valence-corrected chi connectivity index (χ3v) is 24.3. The van der Waals surface area contributed by atoms with E-state index in [0.29, 0.717) is 49.9 Å². The van der Waals surface area contributed by atoms with Crippen molar-refractivity contribution in [3.63, 3.8) is 0 Å². The Kier molecular flexibility index (Phi) is 22.0. The molecule has 11 aromatic rings. The van der Waals surface area contributed by atoms with Gasteiger partial charge in [-0.05, 0) is 92.8 Å². The largest absolute Gasteiger partial charge is 0.707 e. The van der Waals surface area contributed by atoms with Gasteiger partial charge in [-0.25, -0.2) is 65.9 Å². The topological polar surface area (TPSA) is 58.9 Å². The van der Waals surface area contributed by atoms with Gasteiger partial charge >= 0.3 is 13.2 Å².